The summed E-state index contributed by atoms with van der Waals surface area (Å²) in [6.45, 7) is 0.762. The maximum Gasteiger partial charge on any atom is 0.197 e. The van der Waals surface area contributed by atoms with Crippen molar-refractivity contribution in [1.29, 1.82) is 0 Å². The van der Waals surface area contributed by atoms with E-state index in [1.54, 1.807) is 6.20 Å². The van der Waals surface area contributed by atoms with Crippen molar-refractivity contribution in [2.75, 3.05) is 6.61 Å². The fourth-order valence-corrected chi connectivity index (χ4v) is 2.12. The first-order valence-corrected chi connectivity index (χ1v) is 5.56. The molecule has 0 saturated carbocycles. The van der Waals surface area contributed by atoms with Gasteiger partial charge in [-0.25, -0.2) is 4.98 Å². The van der Waals surface area contributed by atoms with Gasteiger partial charge in [0.2, 0.25) is 0 Å². The zero-order chi connectivity index (χ0) is 11.0. The van der Waals surface area contributed by atoms with Crippen LogP contribution in [0.4, 0.5) is 0 Å². The highest BCUT2D eigenvalue weighted by Gasteiger charge is 2.16. The number of hydrogen-bond donors (Lipinski definition) is 1. The van der Waals surface area contributed by atoms with E-state index in [2.05, 4.69) is 16.0 Å². The van der Waals surface area contributed by atoms with E-state index in [4.69, 9.17) is 17.0 Å². The zero-order valence-electron chi connectivity index (χ0n) is 8.56. The van der Waals surface area contributed by atoms with Gasteiger partial charge in [0.05, 0.1) is 12.3 Å². The van der Waals surface area contributed by atoms with Gasteiger partial charge in [-0.05, 0) is 29.9 Å². The summed E-state index contributed by atoms with van der Waals surface area (Å²) in [5.74, 6) is 0.972. The molecule has 1 aromatic heterocycles. The predicted molar refractivity (Wildman–Crippen MR) is 64.1 cm³/mol. The molecule has 2 aromatic rings. The average Bonchev–Trinajstić information content (AvgIpc) is 2.76. The molecular weight excluding hydrogens is 220 g/mol. The normalized spacial score (nSPS) is 13.2. The quantitative estimate of drug-likeness (QED) is 0.765. The van der Waals surface area contributed by atoms with E-state index in [1.807, 2.05) is 18.2 Å². The molecule has 2 heterocycles. The molecule has 3 nitrogen and oxygen atoms in total. The van der Waals surface area contributed by atoms with Crippen LogP contribution in [0.15, 0.2) is 30.5 Å². The molecule has 0 bridgehead atoms. The summed E-state index contributed by atoms with van der Waals surface area (Å²) in [4.78, 5) is 7.05. The van der Waals surface area contributed by atoms with E-state index in [9.17, 15) is 0 Å². The van der Waals surface area contributed by atoms with Crippen LogP contribution in [0.1, 0.15) is 5.56 Å². The Morgan fingerprint density at radius 3 is 3.12 bits per heavy atom. The van der Waals surface area contributed by atoms with Crippen molar-refractivity contribution in [3.8, 4) is 17.0 Å². The summed E-state index contributed by atoms with van der Waals surface area (Å²) in [5, 5.41) is 0. The number of nitrogens with zero attached hydrogens (tertiary/aromatic N) is 1. The van der Waals surface area contributed by atoms with Gasteiger partial charge in [-0.3, -0.25) is 0 Å². The minimum Gasteiger partial charge on any atom is -0.492 e. The second-order valence-electron chi connectivity index (χ2n) is 3.68. The lowest BCUT2D eigenvalue weighted by molar-refractivity contribution is 0.358. The van der Waals surface area contributed by atoms with Crippen molar-refractivity contribution in [3.05, 3.63) is 40.8 Å². The van der Waals surface area contributed by atoms with Crippen molar-refractivity contribution < 1.29 is 4.74 Å². The summed E-state index contributed by atoms with van der Waals surface area (Å²) in [7, 11) is 0. The first-order chi connectivity index (χ1) is 7.84. The van der Waals surface area contributed by atoms with Crippen LogP contribution in [0.5, 0.6) is 5.75 Å². The van der Waals surface area contributed by atoms with Crippen molar-refractivity contribution in [3.63, 3.8) is 0 Å². The first kappa shape index (κ1) is 9.54. The SMILES string of the molecule is S=c1nccc(-c2cccc3c2OCC3)[nH]1. The average molecular weight is 230 g/mol. The minimum absolute atomic E-state index is 0.494. The van der Waals surface area contributed by atoms with E-state index < -0.39 is 0 Å². The fraction of sp³-hybridized carbons (Fsp3) is 0.167. The number of benzene rings is 1. The molecule has 0 amide bonds. The van der Waals surface area contributed by atoms with Gasteiger partial charge in [-0.1, -0.05) is 12.1 Å². The summed E-state index contributed by atoms with van der Waals surface area (Å²) in [6, 6.07) is 8.08. The number of H-pyrrole nitrogens is 1. The largest absolute Gasteiger partial charge is 0.492 e. The van der Waals surface area contributed by atoms with Crippen molar-refractivity contribution in [1.82, 2.24) is 9.97 Å². The number of rotatable bonds is 1. The Kier molecular flexibility index (Phi) is 2.22. The Hall–Kier alpha value is -1.68. The van der Waals surface area contributed by atoms with E-state index in [-0.39, 0.29) is 0 Å². The van der Waals surface area contributed by atoms with Crippen molar-refractivity contribution in [2.45, 2.75) is 6.42 Å². The number of ether oxygens (including phenoxy) is 1. The van der Waals surface area contributed by atoms with Gasteiger partial charge in [0.25, 0.3) is 0 Å². The minimum atomic E-state index is 0.494. The summed E-state index contributed by atoms with van der Waals surface area (Å²) in [5.41, 5.74) is 3.27. The smallest absolute Gasteiger partial charge is 0.197 e. The van der Waals surface area contributed by atoms with Gasteiger partial charge in [-0.2, -0.15) is 0 Å². The molecule has 0 spiro atoms. The molecule has 0 unspecified atom stereocenters. The number of para-hydroxylation sites is 1. The third kappa shape index (κ3) is 1.51. The number of hydrogen-bond acceptors (Lipinski definition) is 3. The Labute approximate surface area is 98.1 Å². The number of fused-ring (bicyclic) bond motifs is 1. The molecule has 0 aliphatic carbocycles. The zero-order valence-corrected chi connectivity index (χ0v) is 9.38. The molecule has 0 atom stereocenters. The monoisotopic (exact) mass is 230 g/mol. The second kappa shape index (κ2) is 3.72. The predicted octanol–water partition coefficient (Wildman–Crippen LogP) is 2.74. The van der Waals surface area contributed by atoms with Crippen LogP contribution < -0.4 is 4.74 Å². The van der Waals surface area contributed by atoms with E-state index in [0.29, 0.717) is 4.77 Å². The van der Waals surface area contributed by atoms with Crippen LogP contribution in [0.2, 0.25) is 0 Å². The maximum atomic E-state index is 5.65. The van der Waals surface area contributed by atoms with Crippen LogP contribution in [-0.2, 0) is 6.42 Å². The lowest BCUT2D eigenvalue weighted by Crippen LogP contribution is -1.91. The molecule has 0 fully saturated rings. The number of aromatic amines is 1. The van der Waals surface area contributed by atoms with Crippen LogP contribution in [0.25, 0.3) is 11.3 Å². The summed E-state index contributed by atoms with van der Waals surface area (Å²) in [6.07, 6.45) is 2.69. The molecule has 3 rings (SSSR count). The lowest BCUT2D eigenvalue weighted by atomic mass is 10.1. The molecule has 1 aliphatic heterocycles. The third-order valence-electron chi connectivity index (χ3n) is 2.68. The first-order valence-electron chi connectivity index (χ1n) is 5.15. The van der Waals surface area contributed by atoms with Crippen LogP contribution in [0, 0.1) is 4.77 Å². The van der Waals surface area contributed by atoms with Crippen LogP contribution >= 0.6 is 12.2 Å². The standard InChI is InChI=1S/C12H10N2OS/c16-12-13-6-4-10(14-12)9-3-1-2-8-5-7-15-11(8)9/h1-4,6H,5,7H2,(H,13,14,16). The van der Waals surface area contributed by atoms with Gasteiger partial charge in [0.1, 0.15) is 5.75 Å². The molecule has 1 aliphatic rings. The van der Waals surface area contributed by atoms with E-state index >= 15 is 0 Å². The highest BCUT2D eigenvalue weighted by molar-refractivity contribution is 7.71. The van der Waals surface area contributed by atoms with Crippen LogP contribution in [-0.4, -0.2) is 16.6 Å². The van der Waals surface area contributed by atoms with Gasteiger partial charge in [0.15, 0.2) is 4.77 Å². The number of nitrogens with one attached hydrogen (secondary N) is 1. The Bertz CT molecular complexity index is 592. The lowest BCUT2D eigenvalue weighted by Gasteiger charge is -2.07. The Morgan fingerprint density at radius 1 is 1.31 bits per heavy atom. The highest BCUT2D eigenvalue weighted by atomic mass is 32.1. The van der Waals surface area contributed by atoms with E-state index in [1.165, 1.54) is 5.56 Å². The second-order valence-corrected chi connectivity index (χ2v) is 4.07. The van der Waals surface area contributed by atoms with Crippen molar-refractivity contribution >= 4 is 12.2 Å². The molecule has 16 heavy (non-hydrogen) atoms. The summed E-state index contributed by atoms with van der Waals surface area (Å²) >= 11 is 5.02. The number of aromatic nitrogens is 2. The molecule has 0 saturated heterocycles. The summed E-state index contributed by atoms with van der Waals surface area (Å²) < 4.78 is 6.14. The molecule has 80 valence electrons. The Morgan fingerprint density at radius 2 is 2.25 bits per heavy atom. The maximum absolute atomic E-state index is 5.65. The van der Waals surface area contributed by atoms with Gasteiger partial charge in [-0.15, -0.1) is 0 Å². The molecule has 4 heteroatoms. The third-order valence-corrected chi connectivity index (χ3v) is 2.89. The highest BCUT2D eigenvalue weighted by Crippen LogP contribution is 2.35. The molecule has 1 aromatic carbocycles. The Balaban J connectivity index is 2.21. The van der Waals surface area contributed by atoms with Crippen LogP contribution in [0.3, 0.4) is 0 Å². The van der Waals surface area contributed by atoms with E-state index in [0.717, 1.165) is 30.0 Å². The fourth-order valence-electron chi connectivity index (χ4n) is 1.95. The molecular formula is C12H10N2OS. The van der Waals surface area contributed by atoms with Crippen molar-refractivity contribution in [2.24, 2.45) is 0 Å². The van der Waals surface area contributed by atoms with Gasteiger partial charge < -0.3 is 9.72 Å². The van der Waals surface area contributed by atoms with Gasteiger partial charge >= 0.3 is 0 Å². The van der Waals surface area contributed by atoms with Gasteiger partial charge in [0, 0.05) is 18.2 Å². The molecule has 0 radical (unpaired) electrons. The molecule has 1 N–H and O–H groups in total. The topological polar surface area (TPSA) is 37.9 Å².